The van der Waals surface area contributed by atoms with Crippen LogP contribution in [0.15, 0.2) is 18.7 Å². The molecule has 0 aliphatic carbocycles. The van der Waals surface area contributed by atoms with E-state index in [1.807, 2.05) is 19.4 Å². The van der Waals surface area contributed by atoms with Gasteiger partial charge in [-0.25, -0.2) is 4.98 Å². The molecule has 1 aromatic heterocycles. The number of aryl methyl sites for hydroxylation is 1. The molecule has 1 aliphatic heterocycles. The fourth-order valence-electron chi connectivity index (χ4n) is 3.58. The lowest BCUT2D eigenvalue weighted by atomic mass is 9.86. The molecule has 0 atom stereocenters. The van der Waals surface area contributed by atoms with Crippen LogP contribution < -0.4 is 4.74 Å². The molecule has 3 rings (SSSR count). The molecule has 124 valence electrons. The Bertz CT molecular complexity index is 716. The predicted molar refractivity (Wildman–Crippen MR) is 91.3 cm³/mol. The maximum Gasteiger partial charge on any atom is 0.127 e. The molecule has 1 N–H and O–H groups in total. The summed E-state index contributed by atoms with van der Waals surface area (Å²) in [6, 6.07) is 0. The Balaban J connectivity index is 2.06. The highest BCUT2D eigenvalue weighted by Crippen LogP contribution is 2.48. The van der Waals surface area contributed by atoms with E-state index in [0.717, 1.165) is 41.8 Å². The Morgan fingerprint density at radius 3 is 2.74 bits per heavy atom. The molecule has 0 fully saturated rings. The van der Waals surface area contributed by atoms with Gasteiger partial charge in [0.1, 0.15) is 17.1 Å². The number of imidazole rings is 1. The number of fused-ring (bicyclic) bond motifs is 1. The van der Waals surface area contributed by atoms with Gasteiger partial charge in [0.05, 0.1) is 6.33 Å². The number of benzene rings is 1. The van der Waals surface area contributed by atoms with Gasteiger partial charge in [0, 0.05) is 42.0 Å². The van der Waals surface area contributed by atoms with Gasteiger partial charge in [0.15, 0.2) is 0 Å². The Kier molecular flexibility index (Phi) is 3.86. The first-order valence-corrected chi connectivity index (χ1v) is 8.32. The topological polar surface area (TPSA) is 47.3 Å². The van der Waals surface area contributed by atoms with Gasteiger partial charge in [-0.15, -0.1) is 0 Å². The predicted octanol–water partition coefficient (Wildman–Crippen LogP) is 3.98. The Labute approximate surface area is 138 Å². The number of ether oxygens (including phenoxy) is 1. The molecule has 0 radical (unpaired) electrons. The van der Waals surface area contributed by atoms with Crippen molar-refractivity contribution in [3.05, 3.63) is 41.0 Å². The summed E-state index contributed by atoms with van der Waals surface area (Å²) in [6.45, 7) is 11.3. The zero-order valence-corrected chi connectivity index (χ0v) is 14.7. The van der Waals surface area contributed by atoms with E-state index in [-0.39, 0.29) is 11.5 Å². The van der Waals surface area contributed by atoms with E-state index < -0.39 is 0 Å². The zero-order chi connectivity index (χ0) is 16.8. The number of rotatable bonds is 4. The van der Waals surface area contributed by atoms with Crippen LogP contribution >= 0.6 is 0 Å². The fourth-order valence-corrected chi connectivity index (χ4v) is 3.58. The zero-order valence-electron chi connectivity index (χ0n) is 14.7. The Morgan fingerprint density at radius 1 is 1.39 bits per heavy atom. The van der Waals surface area contributed by atoms with Crippen LogP contribution in [0.1, 0.15) is 55.9 Å². The number of aromatic hydroxyl groups is 1. The summed E-state index contributed by atoms with van der Waals surface area (Å²) in [5, 5.41) is 10.8. The molecule has 0 spiro atoms. The van der Waals surface area contributed by atoms with Crippen LogP contribution in [-0.2, 0) is 19.4 Å². The third-order valence-electron chi connectivity index (χ3n) is 4.67. The number of aromatic nitrogens is 2. The quantitative estimate of drug-likeness (QED) is 0.928. The smallest absolute Gasteiger partial charge is 0.127 e. The van der Waals surface area contributed by atoms with Gasteiger partial charge in [-0.3, -0.25) is 0 Å². The summed E-state index contributed by atoms with van der Waals surface area (Å²) in [7, 11) is 0. The van der Waals surface area contributed by atoms with Crippen molar-refractivity contribution in [2.24, 2.45) is 0 Å². The third kappa shape index (κ3) is 2.82. The molecule has 0 saturated carbocycles. The first-order chi connectivity index (χ1) is 10.8. The second kappa shape index (κ2) is 5.59. The van der Waals surface area contributed by atoms with Gasteiger partial charge < -0.3 is 14.4 Å². The minimum atomic E-state index is -0.212. The molecule has 23 heavy (non-hydrogen) atoms. The van der Waals surface area contributed by atoms with Crippen LogP contribution in [0.5, 0.6) is 11.5 Å². The lowest BCUT2D eigenvalue weighted by Gasteiger charge is -2.21. The first-order valence-electron chi connectivity index (χ1n) is 8.32. The lowest BCUT2D eigenvalue weighted by molar-refractivity contribution is 0.137. The van der Waals surface area contributed by atoms with E-state index in [4.69, 9.17) is 4.74 Å². The van der Waals surface area contributed by atoms with E-state index in [9.17, 15) is 5.11 Å². The van der Waals surface area contributed by atoms with Gasteiger partial charge in [0.25, 0.3) is 0 Å². The summed E-state index contributed by atoms with van der Waals surface area (Å²) in [4.78, 5) is 4.09. The van der Waals surface area contributed by atoms with Crippen LogP contribution in [-0.4, -0.2) is 20.3 Å². The summed E-state index contributed by atoms with van der Waals surface area (Å²) >= 11 is 0. The average Bonchev–Trinajstić information content (AvgIpc) is 3.06. The van der Waals surface area contributed by atoms with Crippen molar-refractivity contribution in [1.82, 2.24) is 9.55 Å². The van der Waals surface area contributed by atoms with Crippen LogP contribution in [0, 0.1) is 6.92 Å². The van der Waals surface area contributed by atoms with Gasteiger partial charge >= 0.3 is 0 Å². The molecule has 0 bridgehead atoms. The van der Waals surface area contributed by atoms with E-state index in [2.05, 4.69) is 37.2 Å². The molecule has 4 nitrogen and oxygen atoms in total. The molecular weight excluding hydrogens is 288 g/mol. The second-order valence-corrected chi connectivity index (χ2v) is 7.42. The largest absolute Gasteiger partial charge is 0.507 e. The average molecular weight is 314 g/mol. The van der Waals surface area contributed by atoms with Crippen LogP contribution in [0.2, 0.25) is 0 Å². The molecule has 0 amide bonds. The summed E-state index contributed by atoms with van der Waals surface area (Å²) < 4.78 is 8.34. The van der Waals surface area contributed by atoms with E-state index in [0.29, 0.717) is 5.75 Å². The molecular formula is C19H26N2O2. The highest BCUT2D eigenvalue weighted by Gasteiger charge is 2.36. The Hall–Kier alpha value is -1.97. The van der Waals surface area contributed by atoms with Crippen molar-refractivity contribution >= 4 is 0 Å². The van der Waals surface area contributed by atoms with E-state index in [1.54, 1.807) is 6.20 Å². The normalized spacial score (nSPS) is 15.7. The molecule has 0 saturated heterocycles. The highest BCUT2D eigenvalue weighted by atomic mass is 16.5. The number of hydrogen-bond acceptors (Lipinski definition) is 3. The molecule has 2 heterocycles. The van der Waals surface area contributed by atoms with E-state index >= 15 is 0 Å². The van der Waals surface area contributed by atoms with Crippen molar-refractivity contribution in [1.29, 1.82) is 0 Å². The van der Waals surface area contributed by atoms with Gasteiger partial charge in [0.2, 0.25) is 0 Å². The summed E-state index contributed by atoms with van der Waals surface area (Å²) in [6.07, 6.45) is 7.25. The number of hydrogen-bond donors (Lipinski definition) is 1. The number of nitrogens with zero attached hydrogens (tertiary/aromatic N) is 2. The third-order valence-corrected chi connectivity index (χ3v) is 4.67. The Morgan fingerprint density at radius 2 is 2.13 bits per heavy atom. The summed E-state index contributed by atoms with van der Waals surface area (Å²) in [5.74, 6) is 1.72. The van der Waals surface area contributed by atoms with Crippen molar-refractivity contribution in [2.45, 2.75) is 65.5 Å². The molecule has 4 heteroatoms. The highest BCUT2D eigenvalue weighted by molar-refractivity contribution is 5.61. The molecule has 2 aromatic rings. The minimum absolute atomic E-state index is 0.212. The molecule has 1 aromatic carbocycles. The van der Waals surface area contributed by atoms with Crippen molar-refractivity contribution < 1.29 is 9.84 Å². The molecule has 0 unspecified atom stereocenters. The van der Waals surface area contributed by atoms with Gasteiger partial charge in [-0.2, -0.15) is 0 Å². The monoisotopic (exact) mass is 314 g/mol. The number of phenolic OH excluding ortho intramolecular Hbond substituents is 1. The van der Waals surface area contributed by atoms with Gasteiger partial charge in [-0.05, 0) is 38.7 Å². The van der Waals surface area contributed by atoms with Crippen molar-refractivity contribution in [3.63, 3.8) is 0 Å². The first kappa shape index (κ1) is 15.9. The van der Waals surface area contributed by atoms with Crippen molar-refractivity contribution in [2.75, 3.05) is 0 Å². The molecule has 1 aliphatic rings. The SMILES string of the molecule is Cc1c(O)c(C(C)C)c2c(c1CCn1ccnc1)OC(C)(C)C2. The van der Waals surface area contributed by atoms with Crippen LogP contribution in [0.25, 0.3) is 0 Å². The fraction of sp³-hybridized carbons (Fsp3) is 0.526. The van der Waals surface area contributed by atoms with Gasteiger partial charge in [-0.1, -0.05) is 13.8 Å². The standard InChI is InChI=1S/C19H26N2O2/c1-12(2)16-15-10-19(4,5)23-18(15)14(13(3)17(16)22)6-8-21-9-7-20-11-21/h7,9,11-12,22H,6,8,10H2,1-5H3. The maximum atomic E-state index is 10.8. The van der Waals surface area contributed by atoms with Crippen LogP contribution in [0.3, 0.4) is 0 Å². The minimum Gasteiger partial charge on any atom is -0.507 e. The van der Waals surface area contributed by atoms with E-state index in [1.165, 1.54) is 5.56 Å². The second-order valence-electron chi connectivity index (χ2n) is 7.42. The van der Waals surface area contributed by atoms with Crippen LogP contribution in [0.4, 0.5) is 0 Å². The maximum absolute atomic E-state index is 10.8. The lowest BCUT2D eigenvalue weighted by Crippen LogP contribution is -2.25. The summed E-state index contributed by atoms with van der Waals surface area (Å²) in [5.41, 5.74) is 4.10. The van der Waals surface area contributed by atoms with Crippen molar-refractivity contribution in [3.8, 4) is 11.5 Å². The number of phenols is 1.